The van der Waals surface area contributed by atoms with Gasteiger partial charge in [-0.15, -0.1) is 10.2 Å². The third kappa shape index (κ3) is 5.33. The van der Waals surface area contributed by atoms with Crippen molar-refractivity contribution in [3.63, 3.8) is 0 Å². The molecule has 8 heteroatoms. The number of rotatable bonds is 7. The van der Waals surface area contributed by atoms with Crippen LogP contribution in [0.2, 0.25) is 0 Å². The van der Waals surface area contributed by atoms with Gasteiger partial charge in [0, 0.05) is 11.5 Å². The number of para-hydroxylation sites is 1. The first kappa shape index (κ1) is 19.4. The van der Waals surface area contributed by atoms with Crippen LogP contribution in [0.25, 0.3) is 0 Å². The summed E-state index contributed by atoms with van der Waals surface area (Å²) in [6.45, 7) is 2.33. The maximum Gasteiger partial charge on any atom is 0.234 e. The van der Waals surface area contributed by atoms with E-state index < -0.39 is 0 Å². The molecule has 0 fully saturated rings. The van der Waals surface area contributed by atoms with E-state index in [4.69, 9.17) is 4.74 Å². The molecule has 0 aliphatic heterocycles. The van der Waals surface area contributed by atoms with E-state index in [2.05, 4.69) is 31.4 Å². The highest BCUT2D eigenvalue weighted by atomic mass is 79.9. The van der Waals surface area contributed by atoms with Crippen LogP contribution >= 0.6 is 27.7 Å². The monoisotopic (exact) mass is 446 g/mol. The molecular formula is C19H19BrN4O2S. The molecule has 0 aliphatic carbocycles. The number of benzene rings is 2. The molecular weight excluding hydrogens is 428 g/mol. The summed E-state index contributed by atoms with van der Waals surface area (Å²) in [6, 6.07) is 15.3. The molecule has 1 N–H and O–H groups in total. The summed E-state index contributed by atoms with van der Waals surface area (Å²) in [6.07, 6.45) is 0. The van der Waals surface area contributed by atoms with Gasteiger partial charge < -0.3 is 14.6 Å². The number of ether oxygens (including phenoxy) is 1. The van der Waals surface area contributed by atoms with E-state index in [1.165, 1.54) is 11.8 Å². The second-order valence-electron chi connectivity index (χ2n) is 5.88. The minimum Gasteiger partial charge on any atom is -0.486 e. The Kier molecular flexibility index (Phi) is 6.52. The fourth-order valence-corrected chi connectivity index (χ4v) is 3.44. The van der Waals surface area contributed by atoms with Crippen LogP contribution in [0.3, 0.4) is 0 Å². The van der Waals surface area contributed by atoms with Crippen LogP contribution in [-0.2, 0) is 18.4 Å². The van der Waals surface area contributed by atoms with Crippen molar-refractivity contribution in [3.8, 4) is 5.75 Å². The number of hydrogen-bond donors (Lipinski definition) is 1. The lowest BCUT2D eigenvalue weighted by Crippen LogP contribution is -2.15. The molecule has 1 aromatic heterocycles. The van der Waals surface area contributed by atoms with E-state index in [1.807, 2.05) is 67.1 Å². The second kappa shape index (κ2) is 9.05. The quantitative estimate of drug-likeness (QED) is 0.550. The molecule has 3 aromatic rings. The molecule has 140 valence electrons. The van der Waals surface area contributed by atoms with E-state index in [9.17, 15) is 4.79 Å². The third-order valence-corrected chi connectivity index (χ3v) is 5.47. The number of halogens is 1. The number of thioether (sulfide) groups is 1. The average Bonchev–Trinajstić information content (AvgIpc) is 3.00. The van der Waals surface area contributed by atoms with Crippen molar-refractivity contribution < 1.29 is 9.53 Å². The number of carbonyl (C=O) groups excluding carboxylic acids is 1. The highest BCUT2D eigenvalue weighted by Crippen LogP contribution is 2.22. The molecule has 0 radical (unpaired) electrons. The Balaban J connectivity index is 1.54. The Hall–Kier alpha value is -2.32. The number of aryl methyl sites for hydroxylation is 1. The van der Waals surface area contributed by atoms with Crippen molar-refractivity contribution in [3.05, 3.63) is 64.4 Å². The lowest BCUT2D eigenvalue weighted by atomic mass is 10.2. The maximum absolute atomic E-state index is 12.2. The average molecular weight is 447 g/mol. The lowest BCUT2D eigenvalue weighted by molar-refractivity contribution is -0.113. The first-order valence-electron chi connectivity index (χ1n) is 8.28. The standard InChI is InChI=1S/C19H19BrN4O2S/c1-13-6-5-7-14(10-13)26-11-17-22-23-19(24(17)2)27-12-18(25)21-16-9-4-3-8-15(16)20/h3-10H,11-12H2,1-2H3,(H,21,25). The predicted octanol–water partition coefficient (Wildman–Crippen LogP) is 4.20. The molecule has 0 saturated carbocycles. The third-order valence-electron chi connectivity index (χ3n) is 3.76. The first-order chi connectivity index (χ1) is 13.0. The van der Waals surface area contributed by atoms with E-state index in [0.717, 1.165) is 21.5 Å². The van der Waals surface area contributed by atoms with Crippen molar-refractivity contribution in [2.45, 2.75) is 18.7 Å². The van der Waals surface area contributed by atoms with Crippen LogP contribution < -0.4 is 10.1 Å². The number of nitrogens with zero attached hydrogens (tertiary/aromatic N) is 3. The SMILES string of the molecule is Cc1cccc(OCc2nnc(SCC(=O)Nc3ccccc3Br)n2C)c1. The van der Waals surface area contributed by atoms with Crippen molar-refractivity contribution in [1.29, 1.82) is 0 Å². The van der Waals surface area contributed by atoms with Gasteiger partial charge in [-0.2, -0.15) is 0 Å². The molecule has 0 unspecified atom stereocenters. The van der Waals surface area contributed by atoms with E-state index in [-0.39, 0.29) is 11.7 Å². The van der Waals surface area contributed by atoms with Gasteiger partial charge in [0.25, 0.3) is 0 Å². The predicted molar refractivity (Wildman–Crippen MR) is 110 cm³/mol. The zero-order valence-electron chi connectivity index (χ0n) is 15.0. The zero-order chi connectivity index (χ0) is 19.2. The number of amides is 1. The molecule has 1 heterocycles. The van der Waals surface area contributed by atoms with Crippen LogP contribution in [0.15, 0.2) is 58.2 Å². The maximum atomic E-state index is 12.2. The molecule has 0 bridgehead atoms. The van der Waals surface area contributed by atoms with Gasteiger partial charge in [-0.05, 0) is 52.7 Å². The minimum absolute atomic E-state index is 0.104. The van der Waals surface area contributed by atoms with Crippen LogP contribution in [0.1, 0.15) is 11.4 Å². The second-order valence-corrected chi connectivity index (χ2v) is 7.68. The van der Waals surface area contributed by atoms with E-state index in [0.29, 0.717) is 17.6 Å². The highest BCUT2D eigenvalue weighted by Gasteiger charge is 2.13. The summed E-state index contributed by atoms with van der Waals surface area (Å²) >= 11 is 4.75. The zero-order valence-corrected chi connectivity index (χ0v) is 17.4. The molecule has 1 amide bonds. The van der Waals surface area contributed by atoms with Gasteiger partial charge in [0.05, 0.1) is 11.4 Å². The molecule has 0 atom stereocenters. The van der Waals surface area contributed by atoms with Crippen molar-refractivity contribution in [1.82, 2.24) is 14.8 Å². The lowest BCUT2D eigenvalue weighted by Gasteiger charge is -2.08. The summed E-state index contributed by atoms with van der Waals surface area (Å²) in [5.74, 6) is 1.63. The molecule has 0 spiro atoms. The summed E-state index contributed by atoms with van der Waals surface area (Å²) < 4.78 is 8.45. The van der Waals surface area contributed by atoms with Crippen molar-refractivity contribution >= 4 is 39.3 Å². The van der Waals surface area contributed by atoms with Crippen molar-refractivity contribution in [2.75, 3.05) is 11.1 Å². The molecule has 2 aromatic carbocycles. The number of nitrogens with one attached hydrogen (secondary N) is 1. The van der Waals surface area contributed by atoms with Gasteiger partial charge in [-0.1, -0.05) is 36.0 Å². The smallest absolute Gasteiger partial charge is 0.234 e. The Labute approximate surface area is 170 Å². The molecule has 0 aliphatic rings. The molecule has 6 nitrogen and oxygen atoms in total. The Morgan fingerprint density at radius 3 is 2.81 bits per heavy atom. The summed E-state index contributed by atoms with van der Waals surface area (Å²) in [5, 5.41) is 11.8. The fraction of sp³-hybridized carbons (Fsp3) is 0.211. The first-order valence-corrected chi connectivity index (χ1v) is 10.1. The van der Waals surface area contributed by atoms with Crippen molar-refractivity contribution in [2.24, 2.45) is 7.05 Å². The van der Waals surface area contributed by atoms with Gasteiger partial charge in [-0.25, -0.2) is 0 Å². The topological polar surface area (TPSA) is 69.0 Å². The number of aromatic nitrogens is 3. The normalized spacial score (nSPS) is 10.6. The van der Waals surface area contributed by atoms with Gasteiger partial charge in [0.1, 0.15) is 12.4 Å². The summed E-state index contributed by atoms with van der Waals surface area (Å²) in [5.41, 5.74) is 1.88. The van der Waals surface area contributed by atoms with Gasteiger partial charge in [-0.3, -0.25) is 4.79 Å². The van der Waals surface area contributed by atoms with Gasteiger partial charge in [0.2, 0.25) is 5.91 Å². The van der Waals surface area contributed by atoms with Gasteiger partial charge >= 0.3 is 0 Å². The summed E-state index contributed by atoms with van der Waals surface area (Å²) in [7, 11) is 1.86. The minimum atomic E-state index is -0.104. The van der Waals surface area contributed by atoms with Crippen LogP contribution in [0.5, 0.6) is 5.75 Å². The Morgan fingerprint density at radius 1 is 1.22 bits per heavy atom. The largest absolute Gasteiger partial charge is 0.486 e. The van der Waals surface area contributed by atoms with Crippen LogP contribution in [0.4, 0.5) is 5.69 Å². The Bertz CT molecular complexity index is 945. The number of hydrogen-bond acceptors (Lipinski definition) is 5. The van der Waals surface area contributed by atoms with Crippen LogP contribution in [0, 0.1) is 6.92 Å². The molecule has 3 rings (SSSR count). The van der Waals surface area contributed by atoms with Gasteiger partial charge in [0.15, 0.2) is 11.0 Å². The molecule has 0 saturated heterocycles. The van der Waals surface area contributed by atoms with Crippen LogP contribution in [-0.4, -0.2) is 26.4 Å². The molecule has 27 heavy (non-hydrogen) atoms. The fourth-order valence-electron chi connectivity index (χ4n) is 2.33. The number of carbonyl (C=O) groups is 1. The summed E-state index contributed by atoms with van der Waals surface area (Å²) in [4.78, 5) is 12.2. The highest BCUT2D eigenvalue weighted by molar-refractivity contribution is 9.10. The Morgan fingerprint density at radius 2 is 2.04 bits per heavy atom. The number of anilines is 1. The van der Waals surface area contributed by atoms with E-state index in [1.54, 1.807) is 0 Å². The van der Waals surface area contributed by atoms with E-state index >= 15 is 0 Å².